The van der Waals surface area contributed by atoms with Crippen molar-refractivity contribution in [3.05, 3.63) is 12.2 Å². The molecule has 0 aromatic carbocycles. The summed E-state index contributed by atoms with van der Waals surface area (Å²) in [5, 5.41) is 8.95. The van der Waals surface area contributed by atoms with E-state index in [-0.39, 0.29) is 18.6 Å². The van der Waals surface area contributed by atoms with Gasteiger partial charge in [0, 0.05) is 0 Å². The summed E-state index contributed by atoms with van der Waals surface area (Å²) in [5.74, 6) is -1.14. The number of rotatable bonds is 3. The van der Waals surface area contributed by atoms with Gasteiger partial charge in [-0.1, -0.05) is 6.08 Å². The molecule has 0 fully saturated rings. The first-order valence-electron chi connectivity index (χ1n) is 5.86. The molecule has 0 saturated carbocycles. The van der Waals surface area contributed by atoms with Crippen LogP contribution in [0.4, 0.5) is 4.79 Å². The van der Waals surface area contributed by atoms with Gasteiger partial charge in [0.25, 0.3) is 0 Å². The van der Waals surface area contributed by atoms with Crippen LogP contribution >= 0.6 is 0 Å². The van der Waals surface area contributed by atoms with Crippen LogP contribution in [0.25, 0.3) is 0 Å². The summed E-state index contributed by atoms with van der Waals surface area (Å²) in [5.41, 5.74) is 0. The maximum absolute atomic E-state index is 11.1. The van der Waals surface area contributed by atoms with Crippen LogP contribution in [0.15, 0.2) is 12.2 Å². The fourth-order valence-electron chi connectivity index (χ4n) is 1.77. The maximum Gasteiger partial charge on any atom is 0.508 e. The quantitative estimate of drug-likeness (QED) is 0.607. The van der Waals surface area contributed by atoms with E-state index < -0.39 is 12.1 Å². The summed E-state index contributed by atoms with van der Waals surface area (Å²) >= 11 is 0. The molecule has 17 heavy (non-hydrogen) atoms. The first-order valence-corrected chi connectivity index (χ1v) is 5.86. The van der Waals surface area contributed by atoms with Crippen molar-refractivity contribution < 1.29 is 24.2 Å². The lowest BCUT2D eigenvalue weighted by Gasteiger charge is -2.19. The fraction of sp³-hybridized carbons (Fsp3) is 0.667. The first-order chi connectivity index (χ1) is 8.13. The van der Waals surface area contributed by atoms with Crippen LogP contribution in [0.2, 0.25) is 0 Å². The van der Waals surface area contributed by atoms with Gasteiger partial charge in [-0.25, -0.2) is 4.79 Å². The molecule has 1 aliphatic rings. The van der Waals surface area contributed by atoms with Crippen LogP contribution in [-0.2, 0) is 14.3 Å². The molecule has 1 N–H and O–H groups in total. The standard InChI is InChI=1S/C12H18O5/c1-2-16-12(15)17-10-6-4-3-5-9(7-8-10)11(13)14/h4,6,9-10H,2-3,5,7-8H2,1H3,(H,13,14)/b6-4+. The highest BCUT2D eigenvalue weighted by Crippen LogP contribution is 2.20. The van der Waals surface area contributed by atoms with Crippen LogP contribution in [0.5, 0.6) is 0 Å². The average molecular weight is 242 g/mol. The molecular weight excluding hydrogens is 224 g/mol. The van der Waals surface area contributed by atoms with Crippen molar-refractivity contribution in [2.75, 3.05) is 6.61 Å². The van der Waals surface area contributed by atoms with Gasteiger partial charge in [-0.15, -0.1) is 0 Å². The van der Waals surface area contributed by atoms with Gasteiger partial charge in [0.05, 0.1) is 12.5 Å². The Balaban J connectivity index is 2.48. The van der Waals surface area contributed by atoms with Gasteiger partial charge >= 0.3 is 12.1 Å². The molecule has 0 bridgehead atoms. The van der Waals surface area contributed by atoms with Crippen molar-refractivity contribution in [3.63, 3.8) is 0 Å². The Morgan fingerprint density at radius 3 is 2.76 bits per heavy atom. The number of carbonyl (C=O) groups excluding carboxylic acids is 1. The van der Waals surface area contributed by atoms with E-state index in [1.165, 1.54) is 0 Å². The second kappa shape index (κ2) is 6.93. The number of aliphatic carboxylic acids is 1. The SMILES string of the molecule is CCOC(=O)OC1/C=C/CCC(C(=O)O)CC1. The number of carbonyl (C=O) groups is 2. The van der Waals surface area contributed by atoms with Crippen molar-refractivity contribution in [2.24, 2.45) is 5.92 Å². The Kier molecular flexibility index (Phi) is 5.52. The maximum atomic E-state index is 11.1. The Bertz CT molecular complexity index is 297. The molecule has 0 amide bonds. The van der Waals surface area contributed by atoms with Crippen LogP contribution in [0.1, 0.15) is 32.6 Å². The van der Waals surface area contributed by atoms with E-state index in [1.807, 2.05) is 6.08 Å². The van der Waals surface area contributed by atoms with Crippen LogP contribution in [0.3, 0.4) is 0 Å². The van der Waals surface area contributed by atoms with Crippen LogP contribution in [-0.4, -0.2) is 29.9 Å². The zero-order chi connectivity index (χ0) is 12.7. The smallest absolute Gasteiger partial charge is 0.481 e. The lowest BCUT2D eigenvalue weighted by Crippen LogP contribution is -2.22. The van der Waals surface area contributed by atoms with E-state index in [0.717, 1.165) is 0 Å². The monoisotopic (exact) mass is 242 g/mol. The third-order valence-corrected chi connectivity index (χ3v) is 2.69. The summed E-state index contributed by atoms with van der Waals surface area (Å²) < 4.78 is 9.73. The number of allylic oxidation sites excluding steroid dienone is 1. The predicted molar refractivity (Wildman–Crippen MR) is 60.6 cm³/mol. The van der Waals surface area contributed by atoms with Gasteiger partial charge < -0.3 is 14.6 Å². The van der Waals surface area contributed by atoms with Gasteiger partial charge in [0.2, 0.25) is 0 Å². The molecule has 1 rings (SSSR count). The zero-order valence-corrected chi connectivity index (χ0v) is 9.93. The highest BCUT2D eigenvalue weighted by molar-refractivity contribution is 5.69. The zero-order valence-electron chi connectivity index (χ0n) is 9.93. The van der Waals surface area contributed by atoms with Gasteiger partial charge in [0.15, 0.2) is 0 Å². The van der Waals surface area contributed by atoms with E-state index in [1.54, 1.807) is 13.0 Å². The topological polar surface area (TPSA) is 72.8 Å². The van der Waals surface area contributed by atoms with E-state index in [2.05, 4.69) is 4.74 Å². The molecule has 0 heterocycles. The largest absolute Gasteiger partial charge is 0.508 e. The summed E-state index contributed by atoms with van der Waals surface area (Å²) in [6.07, 6.45) is 4.95. The summed E-state index contributed by atoms with van der Waals surface area (Å²) in [7, 11) is 0. The average Bonchev–Trinajstić information content (AvgIpc) is 2.22. The van der Waals surface area contributed by atoms with E-state index in [4.69, 9.17) is 9.84 Å². The third-order valence-electron chi connectivity index (χ3n) is 2.69. The third kappa shape index (κ3) is 4.89. The molecule has 1 aliphatic carbocycles. The summed E-state index contributed by atoms with van der Waals surface area (Å²) in [4.78, 5) is 22.0. The molecule has 2 unspecified atom stereocenters. The van der Waals surface area contributed by atoms with Crippen LogP contribution in [0, 0.1) is 5.92 Å². The highest BCUT2D eigenvalue weighted by Gasteiger charge is 2.21. The van der Waals surface area contributed by atoms with E-state index in [9.17, 15) is 9.59 Å². The van der Waals surface area contributed by atoms with Gasteiger partial charge in [-0.2, -0.15) is 0 Å². The van der Waals surface area contributed by atoms with Crippen molar-refractivity contribution in [1.29, 1.82) is 0 Å². The fourth-order valence-corrected chi connectivity index (χ4v) is 1.77. The molecule has 96 valence electrons. The van der Waals surface area contributed by atoms with Crippen molar-refractivity contribution in [2.45, 2.75) is 38.7 Å². The Morgan fingerprint density at radius 1 is 1.35 bits per heavy atom. The van der Waals surface area contributed by atoms with Gasteiger partial charge in [-0.3, -0.25) is 4.79 Å². The number of hydrogen-bond acceptors (Lipinski definition) is 4. The molecule has 0 aromatic heterocycles. The lowest BCUT2D eigenvalue weighted by molar-refractivity contribution is -0.142. The molecule has 5 nitrogen and oxygen atoms in total. The Morgan fingerprint density at radius 2 is 2.12 bits per heavy atom. The number of hydrogen-bond donors (Lipinski definition) is 1. The first kappa shape index (κ1) is 13.5. The molecule has 0 aromatic rings. The van der Waals surface area contributed by atoms with E-state index >= 15 is 0 Å². The minimum absolute atomic E-state index is 0.271. The summed E-state index contributed by atoms with van der Waals surface area (Å²) in [6.45, 7) is 1.97. The second-order valence-corrected chi connectivity index (χ2v) is 3.96. The lowest BCUT2D eigenvalue weighted by atomic mass is 9.93. The highest BCUT2D eigenvalue weighted by atomic mass is 16.7. The summed E-state index contributed by atoms with van der Waals surface area (Å²) in [6, 6.07) is 0. The van der Waals surface area contributed by atoms with Crippen molar-refractivity contribution >= 4 is 12.1 Å². The van der Waals surface area contributed by atoms with Gasteiger partial charge in [-0.05, 0) is 38.7 Å². The molecule has 2 atom stereocenters. The normalized spacial score (nSPS) is 26.4. The molecule has 0 spiro atoms. The Hall–Kier alpha value is -1.52. The van der Waals surface area contributed by atoms with Gasteiger partial charge in [0.1, 0.15) is 6.10 Å². The molecule has 0 aliphatic heterocycles. The molecule has 0 radical (unpaired) electrons. The predicted octanol–water partition coefficient (Wildman–Crippen LogP) is 2.36. The molecule has 0 saturated heterocycles. The van der Waals surface area contributed by atoms with Crippen molar-refractivity contribution in [1.82, 2.24) is 0 Å². The number of ether oxygens (including phenoxy) is 2. The van der Waals surface area contributed by atoms with Crippen molar-refractivity contribution in [3.8, 4) is 0 Å². The molecular formula is C12H18O5. The second-order valence-electron chi connectivity index (χ2n) is 3.96. The minimum Gasteiger partial charge on any atom is -0.481 e. The van der Waals surface area contributed by atoms with E-state index in [0.29, 0.717) is 25.7 Å². The number of carboxylic acids is 1. The number of carboxylic acid groups (broad SMARTS) is 1. The van der Waals surface area contributed by atoms with Crippen LogP contribution < -0.4 is 0 Å². The Labute approximate surface area is 100 Å². The molecule has 5 heteroatoms. The minimum atomic E-state index is -0.782.